The third-order valence-corrected chi connectivity index (χ3v) is 5.75. The molecule has 1 aromatic carbocycles. The van der Waals surface area contributed by atoms with Crippen molar-refractivity contribution in [2.75, 3.05) is 7.11 Å². The first-order valence-electron chi connectivity index (χ1n) is 7.10. The molecule has 0 amide bonds. The Balaban J connectivity index is 1.76. The van der Waals surface area contributed by atoms with E-state index in [-0.39, 0.29) is 16.7 Å². The smallest absolute Gasteiger partial charge is 0.240 e. The van der Waals surface area contributed by atoms with Gasteiger partial charge in [0.1, 0.15) is 0 Å². The van der Waals surface area contributed by atoms with E-state index in [1.165, 1.54) is 19.2 Å². The van der Waals surface area contributed by atoms with E-state index in [0.717, 1.165) is 31.7 Å². The Morgan fingerprint density at radius 3 is 2.52 bits per heavy atom. The third kappa shape index (κ3) is 3.04. The molecule has 1 aromatic rings. The van der Waals surface area contributed by atoms with E-state index < -0.39 is 15.8 Å². The second-order valence-corrected chi connectivity index (χ2v) is 7.44. The van der Waals surface area contributed by atoms with Crippen molar-refractivity contribution in [2.24, 2.45) is 0 Å². The van der Waals surface area contributed by atoms with E-state index in [4.69, 9.17) is 4.74 Å². The average molecular weight is 314 g/mol. The summed E-state index contributed by atoms with van der Waals surface area (Å²) in [6, 6.07) is 4.39. The molecule has 2 unspecified atom stereocenters. The van der Waals surface area contributed by atoms with Gasteiger partial charge in [-0.2, -0.15) is 0 Å². The number of piperidine rings is 1. The first-order valence-corrected chi connectivity index (χ1v) is 8.58. The molecule has 5 nitrogen and oxygen atoms in total. The van der Waals surface area contributed by atoms with Crippen molar-refractivity contribution in [3.05, 3.63) is 24.0 Å². The largest absolute Gasteiger partial charge is 0.494 e. The quantitative estimate of drug-likeness (QED) is 0.881. The van der Waals surface area contributed by atoms with E-state index in [1.54, 1.807) is 0 Å². The fourth-order valence-electron chi connectivity index (χ4n) is 3.26. The Hall–Kier alpha value is -1.18. The first-order chi connectivity index (χ1) is 9.98. The summed E-state index contributed by atoms with van der Waals surface area (Å²) < 4.78 is 45.9. The summed E-state index contributed by atoms with van der Waals surface area (Å²) in [5.74, 6) is -0.639. The van der Waals surface area contributed by atoms with Crippen LogP contribution in [0.1, 0.15) is 25.7 Å². The van der Waals surface area contributed by atoms with Crippen LogP contribution in [0.25, 0.3) is 0 Å². The van der Waals surface area contributed by atoms with Crippen LogP contribution in [0.15, 0.2) is 23.1 Å². The van der Waals surface area contributed by atoms with Gasteiger partial charge in [-0.25, -0.2) is 17.5 Å². The molecule has 2 N–H and O–H groups in total. The molecular formula is C14H19FN2O3S. The van der Waals surface area contributed by atoms with Gasteiger partial charge < -0.3 is 10.1 Å². The molecule has 2 heterocycles. The van der Waals surface area contributed by atoms with Crippen molar-refractivity contribution in [2.45, 2.75) is 48.7 Å². The lowest BCUT2D eigenvalue weighted by molar-refractivity contribution is 0.345. The first kappa shape index (κ1) is 14.7. The molecule has 2 atom stereocenters. The molecular weight excluding hydrogens is 295 g/mol. The normalized spacial score (nSPS) is 28.6. The van der Waals surface area contributed by atoms with Crippen LogP contribution < -0.4 is 14.8 Å². The number of benzene rings is 1. The van der Waals surface area contributed by atoms with Gasteiger partial charge in [-0.3, -0.25) is 0 Å². The lowest BCUT2D eigenvalue weighted by atomic mass is 10.0. The minimum absolute atomic E-state index is 0.0360. The number of halogens is 1. The number of fused-ring (bicyclic) bond motifs is 2. The van der Waals surface area contributed by atoms with Crippen molar-refractivity contribution in [1.82, 2.24) is 10.0 Å². The minimum atomic E-state index is -3.70. The Morgan fingerprint density at radius 2 is 1.95 bits per heavy atom. The zero-order valence-corrected chi connectivity index (χ0v) is 12.6. The summed E-state index contributed by atoms with van der Waals surface area (Å²) >= 11 is 0. The monoisotopic (exact) mass is 314 g/mol. The van der Waals surface area contributed by atoms with Crippen LogP contribution in [0.4, 0.5) is 4.39 Å². The number of ether oxygens (including phenoxy) is 1. The summed E-state index contributed by atoms with van der Waals surface area (Å²) in [6.07, 6.45) is 3.77. The molecule has 7 heteroatoms. The van der Waals surface area contributed by atoms with Crippen LogP contribution in [-0.2, 0) is 10.0 Å². The summed E-state index contributed by atoms with van der Waals surface area (Å²) in [7, 11) is -2.36. The maximum absolute atomic E-state index is 13.7. The Kier molecular flexibility index (Phi) is 3.90. The fraction of sp³-hybridized carbons (Fsp3) is 0.571. The minimum Gasteiger partial charge on any atom is -0.494 e. The van der Waals surface area contributed by atoms with Gasteiger partial charge in [-0.1, -0.05) is 0 Å². The predicted molar refractivity (Wildman–Crippen MR) is 76.2 cm³/mol. The molecule has 0 aromatic heterocycles. The molecule has 2 aliphatic heterocycles. The predicted octanol–water partition coefficient (Wildman–Crippen LogP) is 1.40. The second-order valence-electron chi connectivity index (χ2n) is 5.72. The molecule has 116 valence electrons. The van der Waals surface area contributed by atoms with Crippen LogP contribution in [0.2, 0.25) is 0 Å². The number of methoxy groups -OCH3 is 1. The zero-order chi connectivity index (χ0) is 15.0. The van der Waals surface area contributed by atoms with Crippen molar-refractivity contribution < 1.29 is 17.5 Å². The Bertz CT molecular complexity index is 623. The van der Waals surface area contributed by atoms with Crippen molar-refractivity contribution in [3.63, 3.8) is 0 Å². The number of rotatable bonds is 4. The van der Waals surface area contributed by atoms with Crippen LogP contribution in [-0.4, -0.2) is 33.7 Å². The molecule has 2 aliphatic rings. The third-order valence-electron chi connectivity index (χ3n) is 4.23. The SMILES string of the molecule is COc1ccc(S(=O)(=O)NC2CC3CCC(C2)N3)cc1F. The van der Waals surface area contributed by atoms with E-state index in [9.17, 15) is 12.8 Å². The van der Waals surface area contributed by atoms with Gasteiger partial charge in [0, 0.05) is 18.1 Å². The number of nitrogens with one attached hydrogen (secondary N) is 2. The van der Waals surface area contributed by atoms with Crippen LogP contribution in [0.3, 0.4) is 0 Å². The Labute approximate surface area is 123 Å². The van der Waals surface area contributed by atoms with Crippen molar-refractivity contribution in [3.8, 4) is 5.75 Å². The summed E-state index contributed by atoms with van der Waals surface area (Å²) in [6.45, 7) is 0. The molecule has 3 rings (SSSR count). The Morgan fingerprint density at radius 1 is 1.29 bits per heavy atom. The molecule has 0 saturated carbocycles. The molecule has 2 bridgehead atoms. The van der Waals surface area contributed by atoms with Crippen molar-refractivity contribution in [1.29, 1.82) is 0 Å². The molecule has 2 fully saturated rings. The summed E-state index contributed by atoms with van der Waals surface area (Å²) in [5.41, 5.74) is 0. The van der Waals surface area contributed by atoms with Gasteiger partial charge in [0.25, 0.3) is 0 Å². The van der Waals surface area contributed by atoms with E-state index in [0.29, 0.717) is 12.1 Å². The lowest BCUT2D eigenvalue weighted by Gasteiger charge is -2.29. The second kappa shape index (κ2) is 5.55. The van der Waals surface area contributed by atoms with Gasteiger partial charge in [0.2, 0.25) is 10.0 Å². The highest BCUT2D eigenvalue weighted by molar-refractivity contribution is 7.89. The number of hydrogen-bond donors (Lipinski definition) is 2. The molecule has 21 heavy (non-hydrogen) atoms. The highest BCUT2D eigenvalue weighted by Gasteiger charge is 2.35. The zero-order valence-electron chi connectivity index (χ0n) is 11.8. The van der Waals surface area contributed by atoms with Crippen LogP contribution in [0.5, 0.6) is 5.75 Å². The lowest BCUT2D eigenvalue weighted by Crippen LogP contribution is -2.47. The van der Waals surface area contributed by atoms with E-state index in [2.05, 4.69) is 10.0 Å². The number of hydrogen-bond acceptors (Lipinski definition) is 4. The molecule has 2 saturated heterocycles. The fourth-order valence-corrected chi connectivity index (χ4v) is 4.53. The summed E-state index contributed by atoms with van der Waals surface area (Å²) in [4.78, 5) is -0.0633. The molecule has 0 radical (unpaired) electrons. The highest BCUT2D eigenvalue weighted by atomic mass is 32.2. The van der Waals surface area contributed by atoms with Crippen LogP contribution in [0, 0.1) is 5.82 Å². The van der Waals surface area contributed by atoms with Gasteiger partial charge in [0.15, 0.2) is 11.6 Å². The van der Waals surface area contributed by atoms with Crippen molar-refractivity contribution >= 4 is 10.0 Å². The van der Waals surface area contributed by atoms with Gasteiger partial charge in [-0.05, 0) is 43.9 Å². The molecule has 0 aliphatic carbocycles. The summed E-state index contributed by atoms with van der Waals surface area (Å²) in [5, 5.41) is 3.46. The van der Waals surface area contributed by atoms with Gasteiger partial charge in [-0.15, -0.1) is 0 Å². The maximum atomic E-state index is 13.7. The van der Waals surface area contributed by atoms with Crippen LogP contribution >= 0.6 is 0 Å². The maximum Gasteiger partial charge on any atom is 0.240 e. The number of sulfonamides is 1. The highest BCUT2D eigenvalue weighted by Crippen LogP contribution is 2.28. The van der Waals surface area contributed by atoms with Gasteiger partial charge >= 0.3 is 0 Å². The topological polar surface area (TPSA) is 67.4 Å². The molecule has 0 spiro atoms. The van der Waals surface area contributed by atoms with E-state index in [1.807, 2.05) is 0 Å². The average Bonchev–Trinajstić information content (AvgIpc) is 2.77. The van der Waals surface area contributed by atoms with Gasteiger partial charge in [0.05, 0.1) is 12.0 Å². The standard InChI is InChI=1S/C14H19FN2O3S/c1-20-14-5-4-12(8-13(14)15)21(18,19)17-11-6-9-2-3-10(7-11)16-9/h4-5,8-11,16-17H,2-3,6-7H2,1H3. The van der Waals surface area contributed by atoms with E-state index >= 15 is 0 Å².